The molecular formula is C19H20ClFN2O2. The minimum Gasteiger partial charge on any atom is -0.492 e. The summed E-state index contributed by atoms with van der Waals surface area (Å²) in [7, 11) is 0. The third kappa shape index (κ3) is 3.87. The number of hydrogen-bond acceptors (Lipinski definition) is 3. The third-order valence-electron chi connectivity index (χ3n) is 4.23. The number of para-hydroxylation sites is 2. The van der Waals surface area contributed by atoms with Crippen molar-refractivity contribution in [1.82, 2.24) is 4.90 Å². The highest BCUT2D eigenvalue weighted by Gasteiger charge is 2.25. The van der Waals surface area contributed by atoms with Gasteiger partial charge in [-0.15, -0.1) is 0 Å². The molecule has 25 heavy (non-hydrogen) atoms. The van der Waals surface area contributed by atoms with Crippen molar-refractivity contribution in [3.05, 3.63) is 58.9 Å². The van der Waals surface area contributed by atoms with Gasteiger partial charge in [-0.3, -0.25) is 4.79 Å². The monoisotopic (exact) mass is 362 g/mol. The van der Waals surface area contributed by atoms with Crippen molar-refractivity contribution in [3.63, 3.8) is 0 Å². The first-order valence-corrected chi connectivity index (χ1v) is 8.69. The SMILES string of the molecule is CCOc1ccccc1N1CCN(C(=O)c2cc(F)ccc2Cl)CC1. The maximum absolute atomic E-state index is 13.4. The molecule has 1 saturated heterocycles. The maximum atomic E-state index is 13.4. The Labute approximate surface area is 151 Å². The van der Waals surface area contributed by atoms with E-state index in [0.717, 1.165) is 11.4 Å². The first kappa shape index (κ1) is 17.5. The van der Waals surface area contributed by atoms with Gasteiger partial charge in [0.15, 0.2) is 0 Å². The molecule has 0 atom stereocenters. The molecule has 132 valence electrons. The molecule has 1 aliphatic heterocycles. The molecule has 4 nitrogen and oxygen atoms in total. The van der Waals surface area contributed by atoms with Crippen LogP contribution in [0.3, 0.4) is 0 Å². The maximum Gasteiger partial charge on any atom is 0.255 e. The molecule has 0 aliphatic carbocycles. The lowest BCUT2D eigenvalue weighted by atomic mass is 10.1. The number of nitrogens with zero attached hydrogens (tertiary/aromatic N) is 2. The first-order chi connectivity index (χ1) is 12.1. The Morgan fingerprint density at radius 3 is 2.60 bits per heavy atom. The zero-order chi connectivity index (χ0) is 17.8. The molecule has 1 fully saturated rings. The van der Waals surface area contributed by atoms with Gasteiger partial charge in [0.25, 0.3) is 5.91 Å². The van der Waals surface area contributed by atoms with Gasteiger partial charge in [0.05, 0.1) is 22.9 Å². The molecule has 2 aromatic carbocycles. The number of anilines is 1. The Morgan fingerprint density at radius 1 is 1.16 bits per heavy atom. The van der Waals surface area contributed by atoms with Gasteiger partial charge in [0.2, 0.25) is 0 Å². The molecule has 0 radical (unpaired) electrons. The number of rotatable bonds is 4. The van der Waals surface area contributed by atoms with Crippen LogP contribution in [0.4, 0.5) is 10.1 Å². The zero-order valence-corrected chi connectivity index (χ0v) is 14.8. The highest BCUT2D eigenvalue weighted by Crippen LogP contribution is 2.29. The number of carbonyl (C=O) groups excluding carboxylic acids is 1. The minimum absolute atomic E-state index is 0.213. The van der Waals surface area contributed by atoms with Crippen molar-refractivity contribution < 1.29 is 13.9 Å². The predicted molar refractivity (Wildman–Crippen MR) is 97.1 cm³/mol. The smallest absolute Gasteiger partial charge is 0.255 e. The zero-order valence-electron chi connectivity index (χ0n) is 14.0. The van der Waals surface area contributed by atoms with Crippen LogP contribution in [-0.4, -0.2) is 43.6 Å². The van der Waals surface area contributed by atoms with Crippen LogP contribution in [0.1, 0.15) is 17.3 Å². The molecule has 2 aromatic rings. The van der Waals surface area contributed by atoms with E-state index >= 15 is 0 Å². The fourth-order valence-electron chi connectivity index (χ4n) is 2.98. The number of amides is 1. The van der Waals surface area contributed by atoms with Gasteiger partial charge in [-0.25, -0.2) is 4.39 Å². The topological polar surface area (TPSA) is 32.8 Å². The number of benzene rings is 2. The fourth-order valence-corrected chi connectivity index (χ4v) is 3.18. The van der Waals surface area contributed by atoms with Crippen LogP contribution < -0.4 is 9.64 Å². The van der Waals surface area contributed by atoms with Crippen molar-refractivity contribution in [2.75, 3.05) is 37.7 Å². The van der Waals surface area contributed by atoms with E-state index in [4.69, 9.17) is 16.3 Å². The second-order valence-electron chi connectivity index (χ2n) is 5.80. The van der Waals surface area contributed by atoms with Crippen molar-refractivity contribution in [3.8, 4) is 5.75 Å². The van der Waals surface area contributed by atoms with E-state index < -0.39 is 5.82 Å². The van der Waals surface area contributed by atoms with E-state index in [0.29, 0.717) is 32.8 Å². The normalized spacial score (nSPS) is 14.5. The van der Waals surface area contributed by atoms with Crippen LogP contribution in [-0.2, 0) is 0 Å². The van der Waals surface area contributed by atoms with Gasteiger partial charge in [0.1, 0.15) is 11.6 Å². The summed E-state index contributed by atoms with van der Waals surface area (Å²) in [5.41, 5.74) is 1.24. The Bertz CT molecular complexity index is 761. The van der Waals surface area contributed by atoms with Crippen LogP contribution >= 0.6 is 11.6 Å². The van der Waals surface area contributed by atoms with Crippen LogP contribution in [0.5, 0.6) is 5.75 Å². The van der Waals surface area contributed by atoms with Crippen LogP contribution in [0, 0.1) is 5.82 Å². The number of piperazine rings is 1. The van der Waals surface area contributed by atoms with E-state index in [-0.39, 0.29) is 16.5 Å². The summed E-state index contributed by atoms with van der Waals surface area (Å²) < 4.78 is 19.1. The molecule has 0 spiro atoms. The Morgan fingerprint density at radius 2 is 1.88 bits per heavy atom. The minimum atomic E-state index is -0.461. The molecule has 0 unspecified atom stereocenters. The largest absolute Gasteiger partial charge is 0.492 e. The molecule has 1 heterocycles. The van der Waals surface area contributed by atoms with Gasteiger partial charge < -0.3 is 14.5 Å². The molecule has 6 heteroatoms. The van der Waals surface area contributed by atoms with Crippen molar-refractivity contribution in [1.29, 1.82) is 0 Å². The average Bonchev–Trinajstić information content (AvgIpc) is 2.64. The lowest BCUT2D eigenvalue weighted by molar-refractivity contribution is 0.0746. The molecular weight excluding hydrogens is 343 g/mol. The molecule has 0 saturated carbocycles. The van der Waals surface area contributed by atoms with Crippen molar-refractivity contribution in [2.24, 2.45) is 0 Å². The van der Waals surface area contributed by atoms with E-state index in [9.17, 15) is 9.18 Å². The Balaban J connectivity index is 1.70. The molecule has 0 aromatic heterocycles. The second-order valence-corrected chi connectivity index (χ2v) is 6.21. The summed E-state index contributed by atoms with van der Waals surface area (Å²) in [5, 5.41) is 0.274. The van der Waals surface area contributed by atoms with E-state index in [1.807, 2.05) is 31.2 Å². The number of ether oxygens (including phenoxy) is 1. The van der Waals surface area contributed by atoms with Gasteiger partial charge >= 0.3 is 0 Å². The van der Waals surface area contributed by atoms with Gasteiger partial charge in [-0.1, -0.05) is 23.7 Å². The van der Waals surface area contributed by atoms with Crippen LogP contribution in [0.15, 0.2) is 42.5 Å². The van der Waals surface area contributed by atoms with E-state index in [1.54, 1.807) is 4.90 Å². The quantitative estimate of drug-likeness (QED) is 0.828. The summed E-state index contributed by atoms with van der Waals surface area (Å²) in [6.45, 7) is 5.02. The molecule has 1 aliphatic rings. The Hall–Kier alpha value is -2.27. The van der Waals surface area contributed by atoms with Crippen molar-refractivity contribution >= 4 is 23.2 Å². The van der Waals surface area contributed by atoms with Crippen LogP contribution in [0.2, 0.25) is 5.02 Å². The molecule has 0 N–H and O–H groups in total. The number of hydrogen-bond donors (Lipinski definition) is 0. The lowest BCUT2D eigenvalue weighted by Gasteiger charge is -2.36. The van der Waals surface area contributed by atoms with Gasteiger partial charge in [-0.2, -0.15) is 0 Å². The first-order valence-electron chi connectivity index (χ1n) is 8.31. The van der Waals surface area contributed by atoms with Gasteiger partial charge in [-0.05, 0) is 37.3 Å². The number of halogens is 2. The summed E-state index contributed by atoms with van der Waals surface area (Å²) in [4.78, 5) is 16.5. The number of carbonyl (C=O) groups is 1. The summed E-state index contributed by atoms with van der Waals surface area (Å²) in [5.74, 6) is 0.150. The lowest BCUT2D eigenvalue weighted by Crippen LogP contribution is -2.49. The highest BCUT2D eigenvalue weighted by atomic mass is 35.5. The molecule has 3 rings (SSSR count). The highest BCUT2D eigenvalue weighted by molar-refractivity contribution is 6.33. The average molecular weight is 363 g/mol. The molecule has 1 amide bonds. The summed E-state index contributed by atoms with van der Waals surface area (Å²) in [6.07, 6.45) is 0. The van der Waals surface area contributed by atoms with Crippen molar-refractivity contribution in [2.45, 2.75) is 6.92 Å². The predicted octanol–water partition coefficient (Wildman–Crippen LogP) is 3.84. The van der Waals surface area contributed by atoms with E-state index in [2.05, 4.69) is 4.90 Å². The third-order valence-corrected chi connectivity index (χ3v) is 4.56. The summed E-state index contributed by atoms with van der Waals surface area (Å²) in [6, 6.07) is 11.7. The second kappa shape index (κ2) is 7.74. The van der Waals surface area contributed by atoms with Crippen LogP contribution in [0.25, 0.3) is 0 Å². The fraction of sp³-hybridized carbons (Fsp3) is 0.316. The summed E-state index contributed by atoms with van der Waals surface area (Å²) >= 11 is 6.05. The van der Waals surface area contributed by atoms with E-state index in [1.165, 1.54) is 18.2 Å². The molecule has 0 bridgehead atoms. The standard InChI is InChI=1S/C19H20ClFN2O2/c1-2-25-18-6-4-3-5-17(18)22-9-11-23(12-10-22)19(24)15-13-14(21)7-8-16(15)20/h3-8,13H,2,9-12H2,1H3. The van der Waals surface area contributed by atoms with Gasteiger partial charge in [0, 0.05) is 26.2 Å². The Kier molecular flexibility index (Phi) is 5.43.